The van der Waals surface area contributed by atoms with Crippen molar-refractivity contribution in [1.29, 1.82) is 0 Å². The fourth-order valence-electron chi connectivity index (χ4n) is 1.89. The summed E-state index contributed by atoms with van der Waals surface area (Å²) in [4.78, 5) is 0. The molecule has 0 aliphatic carbocycles. The maximum atomic E-state index is 5.53. The molecular formula is C15H21N3O. The lowest BCUT2D eigenvalue weighted by Gasteiger charge is -2.08. The molecule has 0 fully saturated rings. The number of unbranched alkanes of at least 4 members (excludes halogenated alkanes) is 1. The molecule has 2 rings (SSSR count). The van der Waals surface area contributed by atoms with Crippen LogP contribution in [0.15, 0.2) is 30.5 Å². The van der Waals surface area contributed by atoms with Crippen LogP contribution in [-0.4, -0.2) is 30.0 Å². The second-order valence-electron chi connectivity index (χ2n) is 4.52. The third-order valence-corrected chi connectivity index (χ3v) is 2.97. The highest BCUT2D eigenvalue weighted by Gasteiger charge is 2.00. The Balaban J connectivity index is 1.78. The van der Waals surface area contributed by atoms with E-state index in [2.05, 4.69) is 28.5 Å². The van der Waals surface area contributed by atoms with Crippen molar-refractivity contribution in [1.82, 2.24) is 10.2 Å². The van der Waals surface area contributed by atoms with E-state index in [0.29, 0.717) is 0 Å². The van der Waals surface area contributed by atoms with E-state index in [4.69, 9.17) is 4.74 Å². The maximum absolute atomic E-state index is 5.53. The van der Waals surface area contributed by atoms with Crippen LogP contribution in [0.25, 0.3) is 10.9 Å². The van der Waals surface area contributed by atoms with E-state index in [9.17, 15) is 0 Å². The molecule has 4 nitrogen and oxygen atoms in total. The fraction of sp³-hybridized carbons (Fsp3) is 0.467. The number of anilines is 1. The van der Waals surface area contributed by atoms with Crippen LogP contribution in [0.4, 0.5) is 5.69 Å². The van der Waals surface area contributed by atoms with Gasteiger partial charge in [-0.25, -0.2) is 0 Å². The second-order valence-corrected chi connectivity index (χ2v) is 4.52. The highest BCUT2D eigenvalue weighted by Crippen LogP contribution is 2.19. The van der Waals surface area contributed by atoms with Crippen LogP contribution in [-0.2, 0) is 4.74 Å². The standard InChI is InChI=1S/C15H21N3O/c1-2-3-10-19-11-6-9-16-15-12-17-18-14-8-5-4-7-13(14)15/h4-5,7-8,12H,2-3,6,9-11H2,1H3,(H,16,18). The average molecular weight is 259 g/mol. The van der Waals surface area contributed by atoms with Crippen LogP contribution in [0.3, 0.4) is 0 Å². The number of hydrogen-bond donors (Lipinski definition) is 1. The van der Waals surface area contributed by atoms with Crippen molar-refractivity contribution in [2.45, 2.75) is 26.2 Å². The van der Waals surface area contributed by atoms with Crippen molar-refractivity contribution < 1.29 is 4.74 Å². The Morgan fingerprint density at radius 3 is 2.89 bits per heavy atom. The monoisotopic (exact) mass is 259 g/mol. The van der Waals surface area contributed by atoms with Gasteiger partial charge in [0.2, 0.25) is 0 Å². The topological polar surface area (TPSA) is 47.0 Å². The van der Waals surface area contributed by atoms with E-state index in [1.807, 2.05) is 18.2 Å². The normalized spacial score (nSPS) is 10.8. The third kappa shape index (κ3) is 4.17. The zero-order chi connectivity index (χ0) is 13.3. The molecule has 1 heterocycles. The highest BCUT2D eigenvalue weighted by molar-refractivity contribution is 5.90. The number of nitrogens with one attached hydrogen (secondary N) is 1. The molecule has 102 valence electrons. The zero-order valence-corrected chi connectivity index (χ0v) is 11.4. The fourth-order valence-corrected chi connectivity index (χ4v) is 1.89. The molecule has 0 radical (unpaired) electrons. The number of rotatable bonds is 8. The first-order valence-electron chi connectivity index (χ1n) is 6.94. The molecular weight excluding hydrogens is 238 g/mol. The predicted octanol–water partition coefficient (Wildman–Crippen LogP) is 3.25. The zero-order valence-electron chi connectivity index (χ0n) is 11.4. The maximum Gasteiger partial charge on any atom is 0.0950 e. The van der Waals surface area contributed by atoms with Crippen molar-refractivity contribution in [2.24, 2.45) is 0 Å². The molecule has 19 heavy (non-hydrogen) atoms. The summed E-state index contributed by atoms with van der Waals surface area (Å²) in [5.74, 6) is 0. The lowest BCUT2D eigenvalue weighted by atomic mass is 10.2. The Labute approximate surface area is 114 Å². The molecule has 0 saturated carbocycles. The lowest BCUT2D eigenvalue weighted by molar-refractivity contribution is 0.131. The van der Waals surface area contributed by atoms with Gasteiger partial charge in [0.25, 0.3) is 0 Å². The summed E-state index contributed by atoms with van der Waals surface area (Å²) in [6, 6.07) is 8.02. The largest absolute Gasteiger partial charge is 0.383 e. The van der Waals surface area contributed by atoms with Crippen LogP contribution in [0.5, 0.6) is 0 Å². The van der Waals surface area contributed by atoms with Gasteiger partial charge in [0.15, 0.2) is 0 Å². The molecule has 0 spiro atoms. The number of aromatic nitrogens is 2. The Hall–Kier alpha value is -1.68. The molecule has 0 saturated heterocycles. The molecule has 2 aromatic rings. The predicted molar refractivity (Wildman–Crippen MR) is 78.4 cm³/mol. The minimum Gasteiger partial charge on any atom is -0.383 e. The van der Waals surface area contributed by atoms with Crippen LogP contribution in [0.2, 0.25) is 0 Å². The van der Waals surface area contributed by atoms with Crippen LogP contribution in [0.1, 0.15) is 26.2 Å². The molecule has 1 N–H and O–H groups in total. The van der Waals surface area contributed by atoms with Gasteiger partial charge in [0.05, 0.1) is 17.4 Å². The highest BCUT2D eigenvalue weighted by atomic mass is 16.5. The van der Waals surface area contributed by atoms with Crippen molar-refractivity contribution in [3.63, 3.8) is 0 Å². The summed E-state index contributed by atoms with van der Waals surface area (Å²) in [7, 11) is 0. The second kappa shape index (κ2) is 7.69. The first-order valence-corrected chi connectivity index (χ1v) is 6.94. The van der Waals surface area contributed by atoms with Gasteiger partial charge >= 0.3 is 0 Å². The number of benzene rings is 1. The molecule has 0 aliphatic rings. The van der Waals surface area contributed by atoms with Gasteiger partial charge in [0, 0.05) is 25.1 Å². The van der Waals surface area contributed by atoms with Gasteiger partial charge in [-0.3, -0.25) is 0 Å². The molecule has 1 aromatic heterocycles. The SMILES string of the molecule is CCCCOCCCNc1cnnc2ccccc12. The minimum atomic E-state index is 0.809. The minimum absolute atomic E-state index is 0.809. The van der Waals surface area contributed by atoms with Gasteiger partial charge < -0.3 is 10.1 Å². The quantitative estimate of drug-likeness (QED) is 0.739. The number of ether oxygens (including phenoxy) is 1. The summed E-state index contributed by atoms with van der Waals surface area (Å²) in [5.41, 5.74) is 1.96. The van der Waals surface area contributed by atoms with Crippen LogP contribution in [0, 0.1) is 0 Å². The third-order valence-electron chi connectivity index (χ3n) is 2.97. The Bertz CT molecular complexity index is 496. The molecule has 0 amide bonds. The Kier molecular flexibility index (Phi) is 5.56. The van der Waals surface area contributed by atoms with E-state index in [1.54, 1.807) is 6.20 Å². The van der Waals surface area contributed by atoms with Crippen LogP contribution < -0.4 is 5.32 Å². The van der Waals surface area contributed by atoms with Gasteiger partial charge in [-0.15, -0.1) is 0 Å². The number of nitrogens with zero attached hydrogens (tertiary/aromatic N) is 2. The van der Waals surface area contributed by atoms with Crippen molar-refractivity contribution in [3.05, 3.63) is 30.5 Å². The van der Waals surface area contributed by atoms with Gasteiger partial charge in [-0.1, -0.05) is 31.5 Å². The van der Waals surface area contributed by atoms with Gasteiger partial charge in [0.1, 0.15) is 0 Å². The summed E-state index contributed by atoms with van der Waals surface area (Å²) in [6.07, 6.45) is 5.11. The van der Waals surface area contributed by atoms with Crippen molar-refractivity contribution in [2.75, 3.05) is 25.1 Å². The lowest BCUT2D eigenvalue weighted by Crippen LogP contribution is -2.07. The molecule has 0 atom stereocenters. The summed E-state index contributed by atoms with van der Waals surface area (Å²) >= 11 is 0. The molecule has 1 aromatic carbocycles. The number of fused-ring (bicyclic) bond motifs is 1. The van der Waals surface area contributed by atoms with E-state index in [-0.39, 0.29) is 0 Å². The van der Waals surface area contributed by atoms with E-state index >= 15 is 0 Å². The average Bonchev–Trinajstić information content (AvgIpc) is 2.46. The molecule has 0 bridgehead atoms. The molecule has 0 unspecified atom stereocenters. The molecule has 0 aliphatic heterocycles. The summed E-state index contributed by atoms with van der Waals surface area (Å²) in [5, 5.41) is 12.6. The first kappa shape index (κ1) is 13.7. The smallest absolute Gasteiger partial charge is 0.0950 e. The summed E-state index contributed by atoms with van der Waals surface area (Å²) < 4.78 is 5.53. The van der Waals surface area contributed by atoms with Crippen LogP contribution >= 0.6 is 0 Å². The first-order chi connectivity index (χ1) is 9.42. The van der Waals surface area contributed by atoms with Crippen molar-refractivity contribution in [3.8, 4) is 0 Å². The van der Waals surface area contributed by atoms with E-state index in [0.717, 1.165) is 49.2 Å². The van der Waals surface area contributed by atoms with Gasteiger partial charge in [-0.2, -0.15) is 10.2 Å². The van der Waals surface area contributed by atoms with Gasteiger partial charge in [-0.05, 0) is 18.9 Å². The van der Waals surface area contributed by atoms with E-state index in [1.165, 1.54) is 6.42 Å². The molecule has 4 heteroatoms. The van der Waals surface area contributed by atoms with E-state index < -0.39 is 0 Å². The number of hydrogen-bond acceptors (Lipinski definition) is 4. The van der Waals surface area contributed by atoms with Crippen molar-refractivity contribution >= 4 is 16.6 Å². The Morgan fingerprint density at radius 1 is 1.16 bits per heavy atom. The summed E-state index contributed by atoms with van der Waals surface area (Å²) in [6.45, 7) is 4.74. The Morgan fingerprint density at radius 2 is 2.00 bits per heavy atom.